The molecule has 0 amide bonds. The lowest BCUT2D eigenvalue weighted by Gasteiger charge is -2.16. The second-order valence-corrected chi connectivity index (χ2v) is 4.69. The van der Waals surface area contributed by atoms with Crippen molar-refractivity contribution in [1.29, 1.82) is 5.26 Å². The molecule has 1 aliphatic carbocycles. The van der Waals surface area contributed by atoms with Gasteiger partial charge in [0.05, 0.1) is 11.5 Å². The molecule has 1 N–H and O–H groups in total. The number of nitrogens with zero attached hydrogens (tertiary/aromatic N) is 1. The van der Waals surface area contributed by atoms with E-state index >= 15 is 0 Å². The van der Waals surface area contributed by atoms with Gasteiger partial charge >= 0.3 is 0 Å². The maximum Gasteiger partial charge on any atom is 0.0683 e. The Labute approximate surface area is 87.0 Å². The minimum absolute atomic E-state index is 0.157. The Hall–Kier alpha value is -0.810. The van der Waals surface area contributed by atoms with Crippen LogP contribution in [-0.2, 0) is 0 Å². The van der Waals surface area contributed by atoms with E-state index < -0.39 is 0 Å². The minimum Gasteiger partial charge on any atom is -0.313 e. The van der Waals surface area contributed by atoms with Crippen molar-refractivity contribution in [2.75, 3.05) is 6.54 Å². The number of hydrogen-bond donors (Lipinski definition) is 1. The Morgan fingerprint density at radius 3 is 2.64 bits per heavy atom. The van der Waals surface area contributed by atoms with Crippen molar-refractivity contribution in [2.45, 2.75) is 45.6 Å². The van der Waals surface area contributed by atoms with Gasteiger partial charge in [0.15, 0.2) is 0 Å². The van der Waals surface area contributed by atoms with Crippen molar-refractivity contribution >= 4 is 0 Å². The van der Waals surface area contributed by atoms with Crippen LogP contribution in [0.2, 0.25) is 0 Å². The van der Waals surface area contributed by atoms with Crippen LogP contribution >= 0.6 is 0 Å². The third-order valence-electron chi connectivity index (χ3n) is 2.72. The minimum atomic E-state index is -0.157. The summed E-state index contributed by atoms with van der Waals surface area (Å²) in [6.07, 6.45) is 8.88. The van der Waals surface area contributed by atoms with Crippen LogP contribution in [0.15, 0.2) is 12.2 Å². The molecule has 0 spiro atoms. The molecule has 0 aromatic rings. The second kappa shape index (κ2) is 5.17. The fourth-order valence-corrected chi connectivity index (χ4v) is 1.68. The topological polar surface area (TPSA) is 35.8 Å². The Kier molecular flexibility index (Phi) is 4.16. The van der Waals surface area contributed by atoms with E-state index in [0.717, 1.165) is 19.4 Å². The number of rotatable bonds is 5. The molecule has 1 aliphatic rings. The molecule has 78 valence electrons. The molecule has 0 aliphatic heterocycles. The maximum absolute atomic E-state index is 8.82. The lowest BCUT2D eigenvalue weighted by atomic mass is 9.90. The van der Waals surface area contributed by atoms with Gasteiger partial charge in [-0.15, -0.1) is 0 Å². The number of nitriles is 1. The van der Waals surface area contributed by atoms with Gasteiger partial charge in [-0.05, 0) is 46.1 Å². The zero-order valence-corrected chi connectivity index (χ0v) is 9.21. The zero-order chi connectivity index (χ0) is 10.4. The van der Waals surface area contributed by atoms with Crippen molar-refractivity contribution in [2.24, 2.45) is 5.41 Å². The van der Waals surface area contributed by atoms with Crippen LogP contribution in [0.3, 0.4) is 0 Å². The van der Waals surface area contributed by atoms with Crippen LogP contribution in [0.4, 0.5) is 0 Å². The summed E-state index contributed by atoms with van der Waals surface area (Å²) < 4.78 is 0. The maximum atomic E-state index is 8.82. The fraction of sp³-hybridized carbons (Fsp3) is 0.750. The summed E-state index contributed by atoms with van der Waals surface area (Å²) in [7, 11) is 0. The van der Waals surface area contributed by atoms with E-state index in [-0.39, 0.29) is 5.41 Å². The first-order valence-corrected chi connectivity index (χ1v) is 5.44. The Morgan fingerprint density at radius 2 is 2.07 bits per heavy atom. The van der Waals surface area contributed by atoms with Gasteiger partial charge in [0.25, 0.3) is 0 Å². The summed E-state index contributed by atoms with van der Waals surface area (Å²) in [5.41, 5.74) is -0.157. The highest BCUT2D eigenvalue weighted by molar-refractivity contribution is 4.97. The van der Waals surface area contributed by atoms with Gasteiger partial charge in [0.2, 0.25) is 0 Å². The van der Waals surface area contributed by atoms with Gasteiger partial charge in [-0.25, -0.2) is 0 Å². The number of hydrogen-bond acceptors (Lipinski definition) is 2. The molecule has 0 unspecified atom stereocenters. The average molecular weight is 192 g/mol. The Bertz CT molecular complexity index is 227. The monoisotopic (exact) mass is 192 g/mol. The predicted molar refractivity (Wildman–Crippen MR) is 58.8 cm³/mol. The normalized spacial score (nSPS) is 17.2. The molecular weight excluding hydrogens is 172 g/mol. The summed E-state index contributed by atoms with van der Waals surface area (Å²) in [6, 6.07) is 2.98. The summed E-state index contributed by atoms with van der Waals surface area (Å²) >= 11 is 0. The van der Waals surface area contributed by atoms with E-state index in [1.165, 1.54) is 12.8 Å². The van der Waals surface area contributed by atoms with Gasteiger partial charge in [-0.1, -0.05) is 12.2 Å². The van der Waals surface area contributed by atoms with E-state index in [2.05, 4.69) is 23.5 Å². The molecule has 0 atom stereocenters. The first kappa shape index (κ1) is 11.3. The molecule has 0 radical (unpaired) electrons. The summed E-state index contributed by atoms with van der Waals surface area (Å²) in [5.74, 6) is 0. The van der Waals surface area contributed by atoms with Crippen molar-refractivity contribution in [3.05, 3.63) is 12.2 Å². The standard InChI is InChI=1S/C12H20N2/c1-12(2,10-13)8-5-9-14-11-6-3-4-7-11/h3-4,11,14H,5-9H2,1-2H3. The van der Waals surface area contributed by atoms with Gasteiger partial charge in [-0.3, -0.25) is 0 Å². The highest BCUT2D eigenvalue weighted by atomic mass is 14.9. The molecule has 0 fully saturated rings. The lowest BCUT2D eigenvalue weighted by Crippen LogP contribution is -2.27. The highest BCUT2D eigenvalue weighted by Gasteiger charge is 2.16. The molecule has 0 aromatic carbocycles. The van der Waals surface area contributed by atoms with E-state index in [4.69, 9.17) is 5.26 Å². The van der Waals surface area contributed by atoms with Crippen LogP contribution in [0.5, 0.6) is 0 Å². The quantitative estimate of drug-likeness (QED) is 0.537. The SMILES string of the molecule is CC(C)(C#N)CCCNC1CC=CC1. The molecular formula is C12H20N2. The molecule has 1 rings (SSSR count). The predicted octanol–water partition coefficient (Wildman–Crippen LogP) is 2.62. The molecule has 0 aromatic heterocycles. The molecule has 0 bridgehead atoms. The largest absolute Gasteiger partial charge is 0.313 e. The van der Waals surface area contributed by atoms with E-state index in [1.807, 2.05) is 13.8 Å². The summed E-state index contributed by atoms with van der Waals surface area (Å²) in [6.45, 7) is 5.05. The molecule has 0 heterocycles. The van der Waals surface area contributed by atoms with Gasteiger partial charge in [0.1, 0.15) is 0 Å². The van der Waals surface area contributed by atoms with E-state index in [1.54, 1.807) is 0 Å². The lowest BCUT2D eigenvalue weighted by molar-refractivity contribution is 0.414. The molecule has 2 heteroatoms. The zero-order valence-electron chi connectivity index (χ0n) is 9.21. The Balaban J connectivity index is 2.02. The molecule has 0 saturated carbocycles. The summed E-state index contributed by atoms with van der Waals surface area (Å²) in [4.78, 5) is 0. The molecule has 2 nitrogen and oxygen atoms in total. The van der Waals surface area contributed by atoms with E-state index in [9.17, 15) is 0 Å². The van der Waals surface area contributed by atoms with Crippen molar-refractivity contribution in [3.8, 4) is 6.07 Å². The first-order chi connectivity index (χ1) is 6.64. The van der Waals surface area contributed by atoms with Crippen LogP contribution < -0.4 is 5.32 Å². The highest BCUT2D eigenvalue weighted by Crippen LogP contribution is 2.20. The van der Waals surface area contributed by atoms with Crippen molar-refractivity contribution < 1.29 is 0 Å². The van der Waals surface area contributed by atoms with Gasteiger partial charge < -0.3 is 5.32 Å². The third-order valence-corrected chi connectivity index (χ3v) is 2.72. The van der Waals surface area contributed by atoms with Crippen LogP contribution in [0, 0.1) is 16.7 Å². The van der Waals surface area contributed by atoms with E-state index in [0.29, 0.717) is 6.04 Å². The average Bonchev–Trinajstić information content (AvgIpc) is 2.65. The van der Waals surface area contributed by atoms with Crippen LogP contribution in [0.25, 0.3) is 0 Å². The first-order valence-electron chi connectivity index (χ1n) is 5.44. The van der Waals surface area contributed by atoms with Crippen LogP contribution in [-0.4, -0.2) is 12.6 Å². The summed E-state index contributed by atoms with van der Waals surface area (Å²) in [5, 5.41) is 12.3. The smallest absolute Gasteiger partial charge is 0.0683 e. The molecule has 14 heavy (non-hydrogen) atoms. The number of nitrogens with one attached hydrogen (secondary N) is 1. The van der Waals surface area contributed by atoms with Gasteiger partial charge in [0, 0.05) is 6.04 Å². The van der Waals surface area contributed by atoms with Crippen molar-refractivity contribution in [3.63, 3.8) is 0 Å². The fourth-order valence-electron chi connectivity index (χ4n) is 1.68. The Morgan fingerprint density at radius 1 is 1.43 bits per heavy atom. The third kappa shape index (κ3) is 3.93. The molecule has 0 saturated heterocycles. The van der Waals surface area contributed by atoms with Crippen molar-refractivity contribution in [1.82, 2.24) is 5.32 Å². The van der Waals surface area contributed by atoms with Gasteiger partial charge in [-0.2, -0.15) is 5.26 Å². The second-order valence-electron chi connectivity index (χ2n) is 4.69. The van der Waals surface area contributed by atoms with Crippen LogP contribution in [0.1, 0.15) is 39.5 Å².